The van der Waals surface area contributed by atoms with E-state index >= 15 is 0 Å². The predicted molar refractivity (Wildman–Crippen MR) is 51.2 cm³/mol. The van der Waals surface area contributed by atoms with Gasteiger partial charge < -0.3 is 10.6 Å². The number of hydrogen-bond acceptors (Lipinski definition) is 2. The molecule has 0 aliphatic carbocycles. The molecule has 2 rings (SSSR count). The Hall–Kier alpha value is -0.0800. The molecule has 70 valence electrons. The van der Waals surface area contributed by atoms with Crippen LogP contribution in [0.15, 0.2) is 0 Å². The molecule has 0 bridgehead atoms. The van der Waals surface area contributed by atoms with Gasteiger partial charge in [0, 0.05) is 5.54 Å². The smallest absolute Gasteiger partial charge is 0.0182 e. The molecular formula is C10H20N2. The van der Waals surface area contributed by atoms with Crippen LogP contribution in [0.2, 0.25) is 0 Å². The highest BCUT2D eigenvalue weighted by molar-refractivity contribution is 4.95. The van der Waals surface area contributed by atoms with Crippen molar-refractivity contribution in [3.63, 3.8) is 0 Å². The lowest BCUT2D eigenvalue weighted by Crippen LogP contribution is -2.47. The van der Waals surface area contributed by atoms with Crippen molar-refractivity contribution in [2.75, 3.05) is 19.6 Å². The first kappa shape index (κ1) is 8.52. The monoisotopic (exact) mass is 168 g/mol. The lowest BCUT2D eigenvalue weighted by molar-refractivity contribution is 0.208. The first-order valence-electron chi connectivity index (χ1n) is 5.27. The maximum absolute atomic E-state index is 3.67. The summed E-state index contributed by atoms with van der Waals surface area (Å²) >= 11 is 0. The van der Waals surface area contributed by atoms with E-state index in [1.807, 2.05) is 0 Å². The van der Waals surface area contributed by atoms with Crippen LogP contribution in [0, 0.1) is 5.92 Å². The van der Waals surface area contributed by atoms with E-state index in [1.165, 1.54) is 45.3 Å². The Labute approximate surface area is 75.1 Å². The van der Waals surface area contributed by atoms with Crippen molar-refractivity contribution in [3.05, 3.63) is 0 Å². The van der Waals surface area contributed by atoms with Crippen LogP contribution in [0.5, 0.6) is 0 Å². The van der Waals surface area contributed by atoms with Crippen LogP contribution < -0.4 is 10.6 Å². The van der Waals surface area contributed by atoms with Crippen LogP contribution in [0.3, 0.4) is 0 Å². The Balaban J connectivity index is 1.96. The minimum atomic E-state index is 0.474. The molecule has 2 aliphatic rings. The second-order valence-corrected chi connectivity index (χ2v) is 4.47. The third-order valence-corrected chi connectivity index (χ3v) is 3.64. The molecule has 1 atom stereocenters. The summed E-state index contributed by atoms with van der Waals surface area (Å²) in [6, 6.07) is 0. The van der Waals surface area contributed by atoms with Crippen molar-refractivity contribution in [2.24, 2.45) is 5.92 Å². The summed E-state index contributed by atoms with van der Waals surface area (Å²) in [6.45, 7) is 6.10. The van der Waals surface area contributed by atoms with Crippen LogP contribution in [0.4, 0.5) is 0 Å². The molecular weight excluding hydrogens is 148 g/mol. The van der Waals surface area contributed by atoms with Gasteiger partial charge in [0.1, 0.15) is 0 Å². The van der Waals surface area contributed by atoms with E-state index in [2.05, 4.69) is 17.6 Å². The molecule has 2 heterocycles. The normalized spacial score (nSPS) is 38.8. The highest BCUT2D eigenvalue weighted by Gasteiger charge is 2.36. The quantitative estimate of drug-likeness (QED) is 0.613. The van der Waals surface area contributed by atoms with Crippen molar-refractivity contribution in [2.45, 2.75) is 38.1 Å². The van der Waals surface area contributed by atoms with Crippen LogP contribution in [0.1, 0.15) is 32.6 Å². The van der Waals surface area contributed by atoms with E-state index in [4.69, 9.17) is 0 Å². The molecule has 2 aliphatic heterocycles. The summed E-state index contributed by atoms with van der Waals surface area (Å²) < 4.78 is 0. The van der Waals surface area contributed by atoms with Gasteiger partial charge in [-0.1, -0.05) is 0 Å². The third kappa shape index (κ3) is 1.50. The molecule has 2 N–H and O–H groups in total. The minimum Gasteiger partial charge on any atom is -0.317 e. The van der Waals surface area contributed by atoms with Gasteiger partial charge in [-0.05, 0) is 58.2 Å². The van der Waals surface area contributed by atoms with Gasteiger partial charge in [0.2, 0.25) is 0 Å². The van der Waals surface area contributed by atoms with Crippen LogP contribution >= 0.6 is 0 Å². The lowest BCUT2D eigenvalue weighted by atomic mass is 9.78. The van der Waals surface area contributed by atoms with Crippen molar-refractivity contribution in [3.8, 4) is 0 Å². The molecule has 12 heavy (non-hydrogen) atoms. The average molecular weight is 168 g/mol. The zero-order valence-electron chi connectivity index (χ0n) is 8.03. The SMILES string of the molecule is CC1(C2CCNCC2)CCCN1. The predicted octanol–water partition coefficient (Wildman–Crippen LogP) is 1.13. The van der Waals surface area contributed by atoms with Crippen molar-refractivity contribution in [1.82, 2.24) is 10.6 Å². The van der Waals surface area contributed by atoms with E-state index in [-0.39, 0.29) is 0 Å². The Bertz CT molecular complexity index is 144. The van der Waals surface area contributed by atoms with Gasteiger partial charge in [0.05, 0.1) is 0 Å². The Morgan fingerprint density at radius 2 is 1.92 bits per heavy atom. The Morgan fingerprint density at radius 3 is 2.50 bits per heavy atom. The van der Waals surface area contributed by atoms with Crippen molar-refractivity contribution in [1.29, 1.82) is 0 Å². The molecule has 0 amide bonds. The molecule has 2 fully saturated rings. The summed E-state index contributed by atoms with van der Waals surface area (Å²) in [5.74, 6) is 0.918. The van der Waals surface area contributed by atoms with E-state index in [0.717, 1.165) is 5.92 Å². The van der Waals surface area contributed by atoms with Crippen molar-refractivity contribution >= 4 is 0 Å². The van der Waals surface area contributed by atoms with E-state index in [1.54, 1.807) is 0 Å². The zero-order chi connectivity index (χ0) is 8.44. The van der Waals surface area contributed by atoms with Gasteiger partial charge in [0.15, 0.2) is 0 Å². The molecule has 0 aromatic heterocycles. The average Bonchev–Trinajstić information content (AvgIpc) is 2.55. The first-order chi connectivity index (χ1) is 5.81. The van der Waals surface area contributed by atoms with Gasteiger partial charge in [-0.2, -0.15) is 0 Å². The maximum Gasteiger partial charge on any atom is 0.0182 e. The maximum atomic E-state index is 3.67. The standard InChI is InChI=1S/C10H20N2/c1-10(5-2-6-12-10)9-3-7-11-8-4-9/h9,11-12H,2-8H2,1H3. The van der Waals surface area contributed by atoms with Gasteiger partial charge in [-0.15, -0.1) is 0 Å². The summed E-state index contributed by atoms with van der Waals surface area (Å²) in [4.78, 5) is 0. The molecule has 2 saturated heterocycles. The highest BCUT2D eigenvalue weighted by atomic mass is 15.0. The number of nitrogens with one attached hydrogen (secondary N) is 2. The van der Waals surface area contributed by atoms with Crippen LogP contribution in [-0.4, -0.2) is 25.2 Å². The molecule has 2 nitrogen and oxygen atoms in total. The summed E-state index contributed by atoms with van der Waals surface area (Å²) in [6.07, 6.45) is 5.49. The Morgan fingerprint density at radius 1 is 1.17 bits per heavy atom. The molecule has 0 radical (unpaired) electrons. The molecule has 0 saturated carbocycles. The number of piperidine rings is 1. The third-order valence-electron chi connectivity index (χ3n) is 3.64. The lowest BCUT2D eigenvalue weighted by Gasteiger charge is -2.37. The summed E-state index contributed by atoms with van der Waals surface area (Å²) in [7, 11) is 0. The fraction of sp³-hybridized carbons (Fsp3) is 1.00. The zero-order valence-corrected chi connectivity index (χ0v) is 8.03. The number of hydrogen-bond donors (Lipinski definition) is 2. The summed E-state index contributed by atoms with van der Waals surface area (Å²) in [5.41, 5.74) is 0.474. The van der Waals surface area contributed by atoms with Gasteiger partial charge >= 0.3 is 0 Å². The first-order valence-corrected chi connectivity index (χ1v) is 5.27. The second kappa shape index (κ2) is 3.35. The van der Waals surface area contributed by atoms with E-state index in [9.17, 15) is 0 Å². The van der Waals surface area contributed by atoms with Gasteiger partial charge in [-0.3, -0.25) is 0 Å². The van der Waals surface area contributed by atoms with Gasteiger partial charge in [0.25, 0.3) is 0 Å². The highest BCUT2D eigenvalue weighted by Crippen LogP contribution is 2.32. The van der Waals surface area contributed by atoms with E-state index < -0.39 is 0 Å². The van der Waals surface area contributed by atoms with E-state index in [0.29, 0.717) is 5.54 Å². The fourth-order valence-corrected chi connectivity index (χ4v) is 2.73. The second-order valence-electron chi connectivity index (χ2n) is 4.47. The molecule has 2 heteroatoms. The van der Waals surface area contributed by atoms with Crippen LogP contribution in [-0.2, 0) is 0 Å². The van der Waals surface area contributed by atoms with Crippen LogP contribution in [0.25, 0.3) is 0 Å². The summed E-state index contributed by atoms with van der Waals surface area (Å²) in [5, 5.41) is 7.10. The molecule has 0 spiro atoms. The largest absolute Gasteiger partial charge is 0.317 e. The fourth-order valence-electron chi connectivity index (χ4n) is 2.73. The Kier molecular flexibility index (Phi) is 2.37. The minimum absolute atomic E-state index is 0.474. The van der Waals surface area contributed by atoms with Crippen molar-refractivity contribution < 1.29 is 0 Å². The molecule has 0 aromatic rings. The topological polar surface area (TPSA) is 24.1 Å². The number of rotatable bonds is 1. The molecule has 0 aromatic carbocycles. The van der Waals surface area contributed by atoms with Gasteiger partial charge in [-0.25, -0.2) is 0 Å². The molecule has 1 unspecified atom stereocenters.